The van der Waals surface area contributed by atoms with E-state index in [1.165, 1.54) is 83.5 Å². The summed E-state index contributed by atoms with van der Waals surface area (Å²) >= 11 is 0. The number of ether oxygens (including phenoxy) is 3. The summed E-state index contributed by atoms with van der Waals surface area (Å²) in [7, 11) is 0. The molecule has 0 aliphatic carbocycles. The Morgan fingerprint density at radius 3 is 1.96 bits per heavy atom. The Kier molecular flexibility index (Phi) is 31.2. The van der Waals surface area contributed by atoms with Gasteiger partial charge in [0.25, 0.3) is 0 Å². The molecule has 0 aromatic heterocycles. The fraction of sp³-hybridized carbons (Fsp3) is 0.864. The first-order valence-corrected chi connectivity index (χ1v) is 21.7. The van der Waals surface area contributed by atoms with E-state index >= 15 is 0 Å². The smallest absolute Gasteiger partial charge is 0.306 e. The molecular formula is C44H80O9. The van der Waals surface area contributed by atoms with Crippen molar-refractivity contribution in [1.29, 1.82) is 0 Å². The van der Waals surface area contributed by atoms with Gasteiger partial charge in [0.15, 0.2) is 12.4 Å². The minimum absolute atomic E-state index is 0.136. The molecule has 0 bridgehead atoms. The third-order valence-corrected chi connectivity index (χ3v) is 10.6. The predicted octanol–water partition coefficient (Wildman–Crippen LogP) is 9.42. The number of rotatable bonds is 34. The minimum atomic E-state index is -1.05. The molecule has 2 unspecified atom stereocenters. The number of carbonyl (C=O) groups excluding carboxylic acids is 2. The van der Waals surface area contributed by atoms with Crippen molar-refractivity contribution in [2.24, 2.45) is 11.8 Å². The van der Waals surface area contributed by atoms with Crippen molar-refractivity contribution in [2.75, 3.05) is 13.2 Å². The van der Waals surface area contributed by atoms with Crippen molar-refractivity contribution < 1.29 is 44.2 Å². The van der Waals surface area contributed by atoms with Crippen molar-refractivity contribution in [1.82, 2.24) is 0 Å². The Hall–Kier alpha value is -1.78. The van der Waals surface area contributed by atoms with Crippen LogP contribution in [-0.4, -0.2) is 76.3 Å². The van der Waals surface area contributed by atoms with Crippen molar-refractivity contribution in [3.63, 3.8) is 0 Å². The van der Waals surface area contributed by atoms with E-state index in [-0.39, 0.29) is 31.3 Å². The largest absolute Gasteiger partial charge is 0.462 e. The van der Waals surface area contributed by atoms with Crippen LogP contribution >= 0.6 is 0 Å². The van der Waals surface area contributed by atoms with Crippen LogP contribution in [-0.2, 0) is 23.8 Å². The lowest BCUT2D eigenvalue weighted by Crippen LogP contribution is -2.43. The van der Waals surface area contributed by atoms with Gasteiger partial charge in [-0.05, 0) is 38.0 Å². The zero-order valence-electron chi connectivity index (χ0n) is 34.0. The van der Waals surface area contributed by atoms with Gasteiger partial charge in [-0.15, -0.1) is 0 Å². The van der Waals surface area contributed by atoms with E-state index in [0.29, 0.717) is 32.1 Å². The van der Waals surface area contributed by atoms with Crippen LogP contribution in [0.5, 0.6) is 0 Å². The Labute approximate surface area is 323 Å². The van der Waals surface area contributed by atoms with Crippen molar-refractivity contribution in [2.45, 2.75) is 218 Å². The number of hydrogen-bond donors (Lipinski definition) is 4. The molecule has 53 heavy (non-hydrogen) atoms. The standard InChI is InChI=1S/C44H80O9/c1-4-6-21-27-37(46)31-32-41-39(40(47)33-44(50)53-41)28-23-19-20-24-29-42(48)51-35-38(34-45)52-43(49)30-25-18-16-14-12-10-8-7-9-11-13-15-17-22-26-36(3)5-2/h19,23,31-32,36-41,44-47,50H,4-18,20-22,24-30,33-35H2,1-3H3/b23-19-,32-31+/t36?,37-,38-,39-,40-,41+,44?/m0/s1. The molecule has 9 heteroatoms. The zero-order valence-corrected chi connectivity index (χ0v) is 34.0. The monoisotopic (exact) mass is 753 g/mol. The van der Waals surface area contributed by atoms with Gasteiger partial charge < -0.3 is 34.6 Å². The predicted molar refractivity (Wildman–Crippen MR) is 213 cm³/mol. The highest BCUT2D eigenvalue weighted by molar-refractivity contribution is 5.70. The summed E-state index contributed by atoms with van der Waals surface area (Å²) in [6, 6.07) is 0. The van der Waals surface area contributed by atoms with Gasteiger partial charge in [0.05, 0.1) is 24.9 Å². The number of allylic oxidation sites excluding steroid dienone is 2. The summed E-state index contributed by atoms with van der Waals surface area (Å²) < 4.78 is 16.2. The van der Waals surface area contributed by atoms with E-state index < -0.39 is 43.3 Å². The van der Waals surface area contributed by atoms with Gasteiger partial charge in [0.1, 0.15) is 6.61 Å². The van der Waals surface area contributed by atoms with E-state index in [9.17, 15) is 30.0 Å². The van der Waals surface area contributed by atoms with Gasteiger partial charge in [0, 0.05) is 25.2 Å². The van der Waals surface area contributed by atoms with Crippen LogP contribution in [0.1, 0.15) is 188 Å². The van der Waals surface area contributed by atoms with Crippen molar-refractivity contribution in [3.05, 3.63) is 24.3 Å². The molecule has 7 atom stereocenters. The third kappa shape index (κ3) is 27.5. The number of hydrogen-bond acceptors (Lipinski definition) is 9. The third-order valence-electron chi connectivity index (χ3n) is 10.6. The summed E-state index contributed by atoms with van der Waals surface area (Å²) in [6.07, 6.45) is 30.0. The second kappa shape index (κ2) is 33.5. The summed E-state index contributed by atoms with van der Waals surface area (Å²) in [5, 5.41) is 40.4. The van der Waals surface area contributed by atoms with Crippen LogP contribution in [0.3, 0.4) is 0 Å². The average Bonchev–Trinajstić information content (AvgIpc) is 3.14. The van der Waals surface area contributed by atoms with Gasteiger partial charge >= 0.3 is 11.9 Å². The molecule has 1 rings (SSSR count). The Morgan fingerprint density at radius 2 is 1.36 bits per heavy atom. The first kappa shape index (κ1) is 49.2. The normalized spacial score (nSPS) is 20.9. The first-order valence-electron chi connectivity index (χ1n) is 21.7. The van der Waals surface area contributed by atoms with Gasteiger partial charge in [-0.2, -0.15) is 0 Å². The lowest BCUT2D eigenvalue weighted by molar-refractivity contribution is -0.199. The Balaban J connectivity index is 2.10. The van der Waals surface area contributed by atoms with E-state index in [1.807, 2.05) is 12.2 Å². The van der Waals surface area contributed by atoms with Crippen LogP contribution in [0.15, 0.2) is 24.3 Å². The van der Waals surface area contributed by atoms with Crippen LogP contribution in [0.25, 0.3) is 0 Å². The molecule has 0 amide bonds. The number of unbranched alkanes of at least 4 members (excludes halogenated alkanes) is 16. The van der Waals surface area contributed by atoms with Gasteiger partial charge in [-0.25, -0.2) is 0 Å². The topological polar surface area (TPSA) is 143 Å². The molecule has 0 radical (unpaired) electrons. The maximum absolute atomic E-state index is 12.3. The second-order valence-corrected chi connectivity index (χ2v) is 15.5. The van der Waals surface area contributed by atoms with E-state index in [1.54, 1.807) is 12.2 Å². The SMILES string of the molecule is CCCCC[C@H](O)/C=C/[C@H]1OC(O)C[C@H](O)[C@@H]1C/C=C\CCCC(=O)OC[C@H](CO)OC(=O)CCCCCCCCCCCCCCCCC(C)CC. The average molecular weight is 753 g/mol. The van der Waals surface area contributed by atoms with Crippen molar-refractivity contribution in [3.8, 4) is 0 Å². The van der Waals surface area contributed by atoms with Gasteiger partial charge in [-0.3, -0.25) is 9.59 Å². The molecule has 1 heterocycles. The quantitative estimate of drug-likeness (QED) is 0.0287. The van der Waals surface area contributed by atoms with Crippen LogP contribution < -0.4 is 0 Å². The first-order chi connectivity index (χ1) is 25.7. The van der Waals surface area contributed by atoms with Crippen LogP contribution in [0, 0.1) is 11.8 Å². The zero-order chi connectivity index (χ0) is 38.9. The number of aliphatic hydroxyl groups is 4. The Morgan fingerprint density at radius 1 is 0.774 bits per heavy atom. The molecular weight excluding hydrogens is 672 g/mol. The summed E-state index contributed by atoms with van der Waals surface area (Å²) in [5.41, 5.74) is 0. The molecule has 0 spiro atoms. The minimum Gasteiger partial charge on any atom is -0.462 e. The lowest BCUT2D eigenvalue weighted by atomic mass is 9.87. The van der Waals surface area contributed by atoms with Crippen LogP contribution in [0.4, 0.5) is 0 Å². The second-order valence-electron chi connectivity index (χ2n) is 15.5. The number of esters is 2. The maximum atomic E-state index is 12.3. The molecule has 1 aliphatic rings. The van der Waals surface area contributed by atoms with E-state index in [0.717, 1.165) is 44.4 Å². The molecule has 1 fully saturated rings. The van der Waals surface area contributed by atoms with Crippen molar-refractivity contribution >= 4 is 11.9 Å². The molecule has 1 aliphatic heterocycles. The highest BCUT2D eigenvalue weighted by atomic mass is 16.6. The highest BCUT2D eigenvalue weighted by Crippen LogP contribution is 2.29. The highest BCUT2D eigenvalue weighted by Gasteiger charge is 2.35. The fourth-order valence-electron chi connectivity index (χ4n) is 6.80. The number of aliphatic hydroxyl groups excluding tert-OH is 4. The number of carbonyl (C=O) groups is 2. The summed E-state index contributed by atoms with van der Waals surface area (Å²) in [6.45, 7) is 6.19. The van der Waals surface area contributed by atoms with Crippen LogP contribution in [0.2, 0.25) is 0 Å². The molecule has 4 N–H and O–H groups in total. The molecule has 0 saturated carbocycles. The summed E-state index contributed by atoms with van der Waals surface area (Å²) in [4.78, 5) is 24.5. The molecule has 1 saturated heterocycles. The van der Waals surface area contributed by atoms with E-state index in [2.05, 4.69) is 20.8 Å². The maximum Gasteiger partial charge on any atom is 0.306 e. The summed E-state index contributed by atoms with van der Waals surface area (Å²) in [5.74, 6) is -0.153. The van der Waals surface area contributed by atoms with Gasteiger partial charge in [-0.1, -0.05) is 161 Å². The van der Waals surface area contributed by atoms with Gasteiger partial charge in [0.2, 0.25) is 0 Å². The molecule has 0 aromatic carbocycles. The molecule has 310 valence electrons. The lowest BCUT2D eigenvalue weighted by Gasteiger charge is -2.36. The molecule has 0 aromatic rings. The molecule has 9 nitrogen and oxygen atoms in total. The Bertz CT molecular complexity index is 938. The van der Waals surface area contributed by atoms with E-state index in [4.69, 9.17) is 14.2 Å². The fourth-order valence-corrected chi connectivity index (χ4v) is 6.80.